The first-order valence-corrected chi connectivity index (χ1v) is 5.16. The average Bonchev–Trinajstić information content (AvgIpc) is 2.12. The summed E-state index contributed by atoms with van der Waals surface area (Å²) in [4.78, 5) is 22.5. The molecule has 0 aliphatic carbocycles. The van der Waals surface area contributed by atoms with Gasteiger partial charge in [-0.1, -0.05) is 0 Å². The Labute approximate surface area is 95.9 Å². The van der Waals surface area contributed by atoms with E-state index in [2.05, 4.69) is 10.6 Å². The summed E-state index contributed by atoms with van der Waals surface area (Å²) in [6, 6.07) is 0. The lowest BCUT2D eigenvalue weighted by Gasteiger charge is -2.17. The highest BCUT2D eigenvalue weighted by Crippen LogP contribution is 2.01. The molecule has 94 valence electrons. The van der Waals surface area contributed by atoms with Gasteiger partial charge in [-0.2, -0.15) is 0 Å². The molecular weight excluding hydrogens is 210 g/mol. The highest BCUT2D eigenvalue weighted by atomic mass is 16.5. The summed E-state index contributed by atoms with van der Waals surface area (Å²) in [7, 11) is 1.55. The van der Waals surface area contributed by atoms with Crippen LogP contribution in [0.2, 0.25) is 0 Å². The molecule has 0 saturated carbocycles. The third-order valence-electron chi connectivity index (χ3n) is 1.69. The van der Waals surface area contributed by atoms with E-state index in [0.29, 0.717) is 13.2 Å². The zero-order valence-corrected chi connectivity index (χ0v) is 10.1. The van der Waals surface area contributed by atoms with Crippen LogP contribution in [0.3, 0.4) is 0 Å². The molecule has 16 heavy (non-hydrogen) atoms. The van der Waals surface area contributed by atoms with Crippen LogP contribution in [0.1, 0.15) is 20.3 Å². The fourth-order valence-corrected chi connectivity index (χ4v) is 1.01. The Morgan fingerprint density at radius 1 is 1.25 bits per heavy atom. The van der Waals surface area contributed by atoms with Crippen LogP contribution < -0.4 is 16.4 Å². The van der Waals surface area contributed by atoms with Crippen LogP contribution in [0.25, 0.3) is 0 Å². The lowest BCUT2D eigenvalue weighted by Crippen LogP contribution is -2.42. The molecule has 0 heterocycles. The number of carbonyl (C=O) groups excluding carboxylic acids is 2. The normalized spacial score (nSPS) is 11.0. The van der Waals surface area contributed by atoms with E-state index in [1.54, 1.807) is 21.0 Å². The molecule has 0 atom stereocenters. The molecule has 4 N–H and O–H groups in total. The van der Waals surface area contributed by atoms with Gasteiger partial charge in [-0.25, -0.2) is 0 Å². The first-order chi connectivity index (χ1) is 7.35. The summed E-state index contributed by atoms with van der Waals surface area (Å²) in [6.45, 7) is 4.37. The summed E-state index contributed by atoms with van der Waals surface area (Å²) in [5, 5.41) is 5.09. The highest BCUT2D eigenvalue weighted by Gasteiger charge is 2.16. The number of ether oxygens (including phenoxy) is 1. The van der Waals surface area contributed by atoms with E-state index in [0.717, 1.165) is 0 Å². The van der Waals surface area contributed by atoms with Crippen LogP contribution in [0.4, 0.5) is 0 Å². The third kappa shape index (κ3) is 9.42. The molecule has 0 fully saturated rings. The smallest absolute Gasteiger partial charge is 0.239 e. The number of methoxy groups -OCH3 is 1. The van der Waals surface area contributed by atoms with Crippen LogP contribution in [0, 0.1) is 0 Å². The van der Waals surface area contributed by atoms with Gasteiger partial charge >= 0.3 is 0 Å². The number of carbonyl (C=O) groups is 2. The minimum absolute atomic E-state index is 0.0291. The van der Waals surface area contributed by atoms with Crippen molar-refractivity contribution in [2.45, 2.75) is 25.8 Å². The van der Waals surface area contributed by atoms with Crippen molar-refractivity contribution in [2.24, 2.45) is 5.73 Å². The Morgan fingerprint density at radius 3 is 2.38 bits per heavy atom. The maximum atomic E-state index is 11.3. The van der Waals surface area contributed by atoms with Crippen molar-refractivity contribution in [3.8, 4) is 0 Å². The number of amides is 2. The van der Waals surface area contributed by atoms with Crippen LogP contribution in [-0.4, -0.2) is 44.2 Å². The molecule has 0 aromatic carbocycles. The van der Waals surface area contributed by atoms with E-state index in [1.165, 1.54) is 0 Å². The Bertz CT molecular complexity index is 236. The van der Waals surface area contributed by atoms with Gasteiger partial charge in [0.2, 0.25) is 11.8 Å². The Balaban J connectivity index is 3.63. The van der Waals surface area contributed by atoms with Crippen molar-refractivity contribution in [2.75, 3.05) is 26.8 Å². The van der Waals surface area contributed by atoms with E-state index in [9.17, 15) is 9.59 Å². The van der Waals surface area contributed by atoms with E-state index >= 15 is 0 Å². The number of hydrogen-bond donors (Lipinski definition) is 3. The predicted molar refractivity (Wildman–Crippen MR) is 60.8 cm³/mol. The van der Waals surface area contributed by atoms with Gasteiger partial charge in [-0.05, 0) is 13.8 Å². The van der Waals surface area contributed by atoms with Gasteiger partial charge in [0.1, 0.15) is 0 Å². The zero-order chi connectivity index (χ0) is 12.6. The third-order valence-corrected chi connectivity index (χ3v) is 1.69. The second-order valence-corrected chi connectivity index (χ2v) is 4.28. The van der Waals surface area contributed by atoms with Gasteiger partial charge in [0, 0.05) is 25.6 Å². The van der Waals surface area contributed by atoms with Gasteiger partial charge in [0.15, 0.2) is 0 Å². The summed E-state index contributed by atoms with van der Waals surface area (Å²) < 4.78 is 4.77. The van der Waals surface area contributed by atoms with E-state index < -0.39 is 5.54 Å². The molecule has 6 heteroatoms. The number of rotatable bonds is 7. The molecule has 0 bridgehead atoms. The van der Waals surface area contributed by atoms with Crippen LogP contribution in [0.15, 0.2) is 0 Å². The standard InChI is InChI=1S/C10H21N3O3/c1-10(2,11)6-8(14)13-7-9(15)12-4-5-16-3/h4-7,11H2,1-3H3,(H,12,15)(H,13,14). The average molecular weight is 231 g/mol. The minimum atomic E-state index is -0.559. The van der Waals surface area contributed by atoms with E-state index in [4.69, 9.17) is 10.5 Å². The summed E-state index contributed by atoms with van der Waals surface area (Å²) in [5.74, 6) is -0.463. The second kappa shape index (κ2) is 7.19. The van der Waals surface area contributed by atoms with Crippen LogP contribution in [0.5, 0.6) is 0 Å². The van der Waals surface area contributed by atoms with Crippen molar-refractivity contribution >= 4 is 11.8 Å². The van der Waals surface area contributed by atoms with Crippen molar-refractivity contribution in [3.05, 3.63) is 0 Å². The summed E-state index contributed by atoms with van der Waals surface area (Å²) >= 11 is 0. The van der Waals surface area contributed by atoms with Crippen LogP contribution in [-0.2, 0) is 14.3 Å². The van der Waals surface area contributed by atoms with E-state index in [1.807, 2.05) is 0 Å². The maximum Gasteiger partial charge on any atom is 0.239 e. The first-order valence-electron chi connectivity index (χ1n) is 5.16. The topological polar surface area (TPSA) is 93.5 Å². The molecule has 0 saturated heterocycles. The van der Waals surface area contributed by atoms with Crippen molar-refractivity contribution in [1.29, 1.82) is 0 Å². The first kappa shape index (κ1) is 14.9. The molecule has 2 amide bonds. The number of nitrogens with two attached hydrogens (primary N) is 1. The lowest BCUT2D eigenvalue weighted by molar-refractivity contribution is -0.126. The maximum absolute atomic E-state index is 11.3. The molecule has 0 aliphatic rings. The predicted octanol–water partition coefficient (Wildman–Crippen LogP) is -1.01. The molecule has 0 aliphatic heterocycles. The van der Waals surface area contributed by atoms with Crippen molar-refractivity contribution < 1.29 is 14.3 Å². The largest absolute Gasteiger partial charge is 0.383 e. The van der Waals surface area contributed by atoms with Crippen LogP contribution >= 0.6 is 0 Å². The zero-order valence-electron chi connectivity index (χ0n) is 10.1. The summed E-state index contributed by atoms with van der Waals surface area (Å²) in [6.07, 6.45) is 0.193. The van der Waals surface area contributed by atoms with Gasteiger partial charge in [-0.3, -0.25) is 9.59 Å². The highest BCUT2D eigenvalue weighted by molar-refractivity contribution is 5.85. The van der Waals surface area contributed by atoms with E-state index in [-0.39, 0.29) is 24.8 Å². The second-order valence-electron chi connectivity index (χ2n) is 4.28. The number of nitrogens with one attached hydrogen (secondary N) is 2. The molecular formula is C10H21N3O3. The Morgan fingerprint density at radius 2 is 1.88 bits per heavy atom. The fourth-order valence-electron chi connectivity index (χ4n) is 1.01. The Kier molecular flexibility index (Phi) is 6.67. The SMILES string of the molecule is COCCNC(=O)CNC(=O)CC(C)(C)N. The van der Waals surface area contributed by atoms with Gasteiger partial charge in [-0.15, -0.1) is 0 Å². The van der Waals surface area contributed by atoms with Gasteiger partial charge in [0.05, 0.1) is 13.2 Å². The van der Waals surface area contributed by atoms with Crippen molar-refractivity contribution in [3.63, 3.8) is 0 Å². The fraction of sp³-hybridized carbons (Fsp3) is 0.800. The quantitative estimate of drug-likeness (QED) is 0.490. The lowest BCUT2D eigenvalue weighted by atomic mass is 10.0. The molecule has 0 aromatic rings. The van der Waals surface area contributed by atoms with Crippen molar-refractivity contribution in [1.82, 2.24) is 10.6 Å². The molecule has 6 nitrogen and oxygen atoms in total. The molecule has 0 aromatic heterocycles. The molecule has 0 radical (unpaired) electrons. The molecule has 0 rings (SSSR count). The molecule has 0 spiro atoms. The Hall–Kier alpha value is -1.14. The van der Waals surface area contributed by atoms with Gasteiger partial charge < -0.3 is 21.1 Å². The monoisotopic (exact) mass is 231 g/mol. The minimum Gasteiger partial charge on any atom is -0.383 e. The molecule has 0 unspecified atom stereocenters. The van der Waals surface area contributed by atoms with Gasteiger partial charge in [0.25, 0.3) is 0 Å². The summed E-state index contributed by atoms with van der Waals surface area (Å²) in [5.41, 5.74) is 5.10. The number of hydrogen-bond acceptors (Lipinski definition) is 4.